The molecule has 4 rings (SSSR count). The summed E-state index contributed by atoms with van der Waals surface area (Å²) in [5, 5.41) is 3.08. The SMILES string of the molecule is O=C(NCc1ccnc(N2CCCCC2)c1)c1scnc1C1CCCC1. The first-order valence-electron chi connectivity index (χ1n) is 9.73. The minimum absolute atomic E-state index is 0.00531. The fourth-order valence-corrected chi connectivity index (χ4v) is 4.83. The molecule has 5 nitrogen and oxygen atoms in total. The Kier molecular flexibility index (Phi) is 5.48. The van der Waals surface area contributed by atoms with Gasteiger partial charge in [-0.05, 0) is 49.8 Å². The summed E-state index contributed by atoms with van der Waals surface area (Å²) in [5.74, 6) is 1.50. The molecule has 2 fully saturated rings. The second-order valence-corrected chi connectivity index (χ2v) is 8.16. The van der Waals surface area contributed by atoms with Gasteiger partial charge in [0.15, 0.2) is 0 Å². The van der Waals surface area contributed by atoms with E-state index in [0.717, 1.165) is 47.9 Å². The number of carbonyl (C=O) groups excluding carboxylic acids is 1. The maximum atomic E-state index is 12.7. The molecule has 138 valence electrons. The van der Waals surface area contributed by atoms with Gasteiger partial charge in [-0.15, -0.1) is 11.3 Å². The largest absolute Gasteiger partial charge is 0.357 e. The first-order chi connectivity index (χ1) is 12.8. The van der Waals surface area contributed by atoms with Gasteiger partial charge in [-0.25, -0.2) is 9.97 Å². The number of amides is 1. The summed E-state index contributed by atoms with van der Waals surface area (Å²) in [7, 11) is 0. The lowest BCUT2D eigenvalue weighted by atomic mass is 10.0. The minimum atomic E-state index is 0.00531. The topological polar surface area (TPSA) is 58.1 Å². The van der Waals surface area contributed by atoms with Crippen LogP contribution >= 0.6 is 11.3 Å². The summed E-state index contributed by atoms with van der Waals surface area (Å²) in [6, 6.07) is 4.09. The van der Waals surface area contributed by atoms with E-state index >= 15 is 0 Å². The number of aromatic nitrogens is 2. The van der Waals surface area contributed by atoms with Crippen LogP contribution in [-0.4, -0.2) is 29.0 Å². The van der Waals surface area contributed by atoms with E-state index in [-0.39, 0.29) is 5.91 Å². The normalized spacial score (nSPS) is 18.2. The van der Waals surface area contributed by atoms with Crippen molar-refractivity contribution in [1.82, 2.24) is 15.3 Å². The molecule has 0 unspecified atom stereocenters. The summed E-state index contributed by atoms with van der Waals surface area (Å²) in [6.45, 7) is 2.69. The van der Waals surface area contributed by atoms with Gasteiger partial charge in [-0.1, -0.05) is 12.8 Å². The van der Waals surface area contributed by atoms with E-state index in [2.05, 4.69) is 26.3 Å². The van der Waals surface area contributed by atoms with Gasteiger partial charge in [0.1, 0.15) is 10.7 Å². The lowest BCUT2D eigenvalue weighted by Gasteiger charge is -2.27. The van der Waals surface area contributed by atoms with Crippen LogP contribution < -0.4 is 10.2 Å². The molecule has 1 aliphatic carbocycles. The fraction of sp³-hybridized carbons (Fsp3) is 0.550. The third kappa shape index (κ3) is 3.90. The highest BCUT2D eigenvalue weighted by Crippen LogP contribution is 2.36. The van der Waals surface area contributed by atoms with Crippen LogP contribution in [0.3, 0.4) is 0 Å². The zero-order valence-electron chi connectivity index (χ0n) is 15.1. The van der Waals surface area contributed by atoms with E-state index in [1.807, 2.05) is 17.8 Å². The first-order valence-corrected chi connectivity index (χ1v) is 10.6. The van der Waals surface area contributed by atoms with E-state index in [1.54, 1.807) is 0 Å². The molecule has 1 saturated heterocycles. The molecule has 2 aromatic rings. The molecular formula is C20H26N4OS. The second-order valence-electron chi connectivity index (χ2n) is 7.30. The Bertz CT molecular complexity index is 748. The molecule has 0 aromatic carbocycles. The highest BCUT2D eigenvalue weighted by molar-refractivity contribution is 7.11. The number of carbonyl (C=O) groups is 1. The number of nitrogens with zero attached hydrogens (tertiary/aromatic N) is 3. The fourth-order valence-electron chi connectivity index (χ4n) is 4.04. The van der Waals surface area contributed by atoms with Gasteiger partial charge >= 0.3 is 0 Å². The van der Waals surface area contributed by atoms with Crippen molar-refractivity contribution >= 4 is 23.1 Å². The molecule has 0 atom stereocenters. The standard InChI is InChI=1S/C20H26N4OS/c25-20(19-18(23-14-26-19)16-6-2-3-7-16)22-13-15-8-9-21-17(12-15)24-10-4-1-5-11-24/h8-9,12,14,16H,1-7,10-11,13H2,(H,22,25). The average molecular weight is 371 g/mol. The van der Waals surface area contributed by atoms with Gasteiger partial charge in [-0.2, -0.15) is 0 Å². The summed E-state index contributed by atoms with van der Waals surface area (Å²) >= 11 is 1.46. The number of pyridine rings is 1. The molecule has 2 aromatic heterocycles. The van der Waals surface area contributed by atoms with E-state index in [4.69, 9.17) is 0 Å². The maximum Gasteiger partial charge on any atom is 0.263 e. The van der Waals surface area contributed by atoms with Crippen LogP contribution in [-0.2, 0) is 6.54 Å². The van der Waals surface area contributed by atoms with Gasteiger partial charge in [0.2, 0.25) is 0 Å². The number of nitrogens with one attached hydrogen (secondary N) is 1. The minimum Gasteiger partial charge on any atom is -0.357 e. The van der Waals surface area contributed by atoms with Crippen molar-refractivity contribution in [3.05, 3.63) is 40.0 Å². The molecule has 0 bridgehead atoms. The molecule has 6 heteroatoms. The molecular weight excluding hydrogens is 344 g/mol. The van der Waals surface area contributed by atoms with Crippen molar-refractivity contribution in [2.45, 2.75) is 57.4 Å². The predicted molar refractivity (Wildman–Crippen MR) is 105 cm³/mol. The molecule has 0 spiro atoms. The molecule has 1 aliphatic heterocycles. The molecule has 1 saturated carbocycles. The third-order valence-electron chi connectivity index (χ3n) is 5.49. The lowest BCUT2D eigenvalue weighted by molar-refractivity contribution is 0.0953. The third-order valence-corrected chi connectivity index (χ3v) is 6.33. The molecule has 3 heterocycles. The first kappa shape index (κ1) is 17.5. The zero-order valence-corrected chi connectivity index (χ0v) is 15.9. The Labute approximate surface area is 158 Å². The Morgan fingerprint density at radius 1 is 1.15 bits per heavy atom. The zero-order chi connectivity index (χ0) is 17.8. The Morgan fingerprint density at radius 2 is 1.96 bits per heavy atom. The molecule has 26 heavy (non-hydrogen) atoms. The van der Waals surface area contributed by atoms with Gasteiger partial charge in [0.25, 0.3) is 5.91 Å². The van der Waals surface area contributed by atoms with Gasteiger partial charge in [0, 0.05) is 31.7 Å². The van der Waals surface area contributed by atoms with E-state index in [9.17, 15) is 4.79 Å². The lowest BCUT2D eigenvalue weighted by Crippen LogP contribution is -2.30. The van der Waals surface area contributed by atoms with Crippen molar-refractivity contribution in [2.75, 3.05) is 18.0 Å². The predicted octanol–water partition coefficient (Wildman–Crippen LogP) is 4.12. The van der Waals surface area contributed by atoms with Crippen LogP contribution in [0, 0.1) is 0 Å². The van der Waals surface area contributed by atoms with Crippen LogP contribution in [0.2, 0.25) is 0 Å². The van der Waals surface area contributed by atoms with Gasteiger partial charge in [-0.3, -0.25) is 4.79 Å². The smallest absolute Gasteiger partial charge is 0.263 e. The van der Waals surface area contributed by atoms with Crippen molar-refractivity contribution in [3.8, 4) is 0 Å². The Morgan fingerprint density at radius 3 is 2.77 bits per heavy atom. The molecule has 1 N–H and O–H groups in total. The number of hydrogen-bond donors (Lipinski definition) is 1. The monoisotopic (exact) mass is 370 g/mol. The number of thiazole rings is 1. The maximum absolute atomic E-state index is 12.7. The average Bonchev–Trinajstić information content (AvgIpc) is 3.38. The summed E-state index contributed by atoms with van der Waals surface area (Å²) in [4.78, 5) is 24.8. The van der Waals surface area contributed by atoms with E-state index < -0.39 is 0 Å². The van der Waals surface area contributed by atoms with Crippen LogP contribution in [0.15, 0.2) is 23.8 Å². The highest BCUT2D eigenvalue weighted by atomic mass is 32.1. The molecule has 1 amide bonds. The molecule has 2 aliphatic rings. The number of rotatable bonds is 5. The van der Waals surface area contributed by atoms with Gasteiger partial charge < -0.3 is 10.2 Å². The summed E-state index contributed by atoms with van der Waals surface area (Å²) in [6.07, 6.45) is 10.4. The molecule has 0 radical (unpaired) electrons. The van der Waals surface area contributed by atoms with E-state index in [0.29, 0.717) is 12.5 Å². The van der Waals surface area contributed by atoms with Crippen LogP contribution in [0.1, 0.15) is 71.8 Å². The second kappa shape index (κ2) is 8.16. The van der Waals surface area contributed by atoms with Crippen LogP contribution in [0.4, 0.5) is 5.82 Å². The Hall–Kier alpha value is -1.95. The van der Waals surface area contributed by atoms with Crippen molar-refractivity contribution in [3.63, 3.8) is 0 Å². The number of hydrogen-bond acceptors (Lipinski definition) is 5. The van der Waals surface area contributed by atoms with Crippen molar-refractivity contribution in [1.29, 1.82) is 0 Å². The van der Waals surface area contributed by atoms with Crippen LogP contribution in [0.5, 0.6) is 0 Å². The summed E-state index contributed by atoms with van der Waals surface area (Å²) in [5.41, 5.74) is 3.92. The summed E-state index contributed by atoms with van der Waals surface area (Å²) < 4.78 is 0. The highest BCUT2D eigenvalue weighted by Gasteiger charge is 2.25. The number of piperidine rings is 1. The van der Waals surface area contributed by atoms with Crippen molar-refractivity contribution in [2.24, 2.45) is 0 Å². The van der Waals surface area contributed by atoms with E-state index in [1.165, 1.54) is 43.4 Å². The quantitative estimate of drug-likeness (QED) is 0.860. The Balaban J connectivity index is 1.39. The van der Waals surface area contributed by atoms with Gasteiger partial charge in [0.05, 0.1) is 11.2 Å². The van der Waals surface area contributed by atoms with Crippen LogP contribution in [0.25, 0.3) is 0 Å². The van der Waals surface area contributed by atoms with Crippen molar-refractivity contribution < 1.29 is 4.79 Å². The number of anilines is 1.